The zero-order valence-electron chi connectivity index (χ0n) is 17.1. The maximum Gasteiger partial charge on any atom is 0.337 e. The molecule has 10 heteroatoms. The van der Waals surface area contributed by atoms with Crippen LogP contribution in [-0.2, 0) is 10.0 Å². The number of carbonyl (C=O) groups is 1. The van der Waals surface area contributed by atoms with Crippen LogP contribution in [0, 0.1) is 5.82 Å². The molecule has 0 aliphatic carbocycles. The van der Waals surface area contributed by atoms with Crippen molar-refractivity contribution in [3.8, 4) is 0 Å². The van der Waals surface area contributed by atoms with Gasteiger partial charge in [0, 0.05) is 38.9 Å². The molecule has 1 unspecified atom stereocenters. The number of carboxylic acid groups (broad SMARTS) is 1. The van der Waals surface area contributed by atoms with Gasteiger partial charge in [-0.25, -0.2) is 27.3 Å². The number of aromatic carboxylic acids is 1. The highest BCUT2D eigenvalue weighted by Crippen LogP contribution is 2.15. The molecule has 1 fully saturated rings. The van der Waals surface area contributed by atoms with Crippen molar-refractivity contribution in [2.45, 2.75) is 6.04 Å². The van der Waals surface area contributed by atoms with E-state index in [9.17, 15) is 17.6 Å². The van der Waals surface area contributed by atoms with E-state index in [1.165, 1.54) is 24.4 Å². The minimum atomic E-state index is -3.41. The molecule has 0 spiro atoms. The highest BCUT2D eigenvalue weighted by Gasteiger charge is 2.21. The number of nitrogens with one attached hydrogen (secondary N) is 1. The predicted molar refractivity (Wildman–Crippen MR) is 117 cm³/mol. The first-order valence-corrected chi connectivity index (χ1v) is 11.7. The molecule has 8 nitrogen and oxygen atoms in total. The summed E-state index contributed by atoms with van der Waals surface area (Å²) in [4.78, 5) is 19.4. The van der Waals surface area contributed by atoms with Crippen molar-refractivity contribution >= 4 is 27.9 Å². The van der Waals surface area contributed by atoms with Gasteiger partial charge in [0.15, 0.2) is 0 Å². The number of anilines is 1. The van der Waals surface area contributed by atoms with Crippen molar-refractivity contribution in [1.82, 2.24) is 14.6 Å². The average Bonchev–Trinajstić information content (AvgIpc) is 2.73. The Balaban J connectivity index is 1.60. The number of sulfonamides is 1. The number of hydrogen-bond acceptors (Lipinski definition) is 6. The number of piperazine rings is 1. The summed E-state index contributed by atoms with van der Waals surface area (Å²) in [6, 6.07) is 8.76. The Kier molecular flexibility index (Phi) is 7.37. The SMILES string of the molecule is CS(=O)(=O)NC(C=Cc1ccc(F)cc1)CN1CCN(c2ccc(C(=O)O)cn2)CC1. The largest absolute Gasteiger partial charge is 0.478 e. The molecule has 1 aliphatic rings. The Hall–Kier alpha value is -2.82. The van der Waals surface area contributed by atoms with Crippen LogP contribution in [0.3, 0.4) is 0 Å². The summed E-state index contributed by atoms with van der Waals surface area (Å²) < 4.78 is 39.3. The summed E-state index contributed by atoms with van der Waals surface area (Å²) in [6.45, 7) is 3.27. The topological polar surface area (TPSA) is 103 Å². The first-order valence-electron chi connectivity index (χ1n) is 9.77. The fourth-order valence-corrected chi connectivity index (χ4v) is 4.05. The van der Waals surface area contributed by atoms with E-state index in [1.54, 1.807) is 30.4 Å². The molecule has 2 N–H and O–H groups in total. The van der Waals surface area contributed by atoms with E-state index < -0.39 is 22.0 Å². The number of pyridine rings is 1. The van der Waals surface area contributed by atoms with Crippen LogP contribution in [0.15, 0.2) is 48.7 Å². The number of nitrogens with zero attached hydrogens (tertiary/aromatic N) is 3. The van der Waals surface area contributed by atoms with E-state index in [2.05, 4.69) is 19.5 Å². The summed E-state index contributed by atoms with van der Waals surface area (Å²) >= 11 is 0. The second-order valence-corrected chi connectivity index (χ2v) is 9.19. The molecular weight excluding hydrogens is 423 g/mol. The quantitative estimate of drug-likeness (QED) is 0.633. The van der Waals surface area contributed by atoms with Crippen LogP contribution in [0.2, 0.25) is 0 Å². The molecule has 1 aromatic heterocycles. The van der Waals surface area contributed by atoms with E-state index in [0.29, 0.717) is 38.5 Å². The van der Waals surface area contributed by atoms with Gasteiger partial charge in [-0.1, -0.05) is 24.3 Å². The van der Waals surface area contributed by atoms with Crippen molar-refractivity contribution in [3.63, 3.8) is 0 Å². The van der Waals surface area contributed by atoms with Crippen LogP contribution in [0.25, 0.3) is 6.08 Å². The molecule has 2 heterocycles. The second kappa shape index (κ2) is 9.99. The summed E-state index contributed by atoms with van der Waals surface area (Å²) in [6.07, 6.45) is 6.01. The van der Waals surface area contributed by atoms with Gasteiger partial charge in [0.25, 0.3) is 0 Å². The minimum absolute atomic E-state index is 0.144. The van der Waals surface area contributed by atoms with Gasteiger partial charge in [-0.05, 0) is 29.8 Å². The van der Waals surface area contributed by atoms with Crippen molar-refractivity contribution < 1.29 is 22.7 Å². The Morgan fingerprint density at radius 2 is 1.87 bits per heavy atom. The first-order chi connectivity index (χ1) is 14.7. The number of hydrogen-bond donors (Lipinski definition) is 2. The molecule has 31 heavy (non-hydrogen) atoms. The molecular formula is C21H25FN4O4S. The number of halogens is 1. The van der Waals surface area contributed by atoms with E-state index in [0.717, 1.165) is 11.8 Å². The van der Waals surface area contributed by atoms with Crippen molar-refractivity contribution in [3.05, 3.63) is 65.6 Å². The third-order valence-corrected chi connectivity index (χ3v) is 5.63. The van der Waals surface area contributed by atoms with Gasteiger partial charge in [-0.3, -0.25) is 4.90 Å². The van der Waals surface area contributed by atoms with Gasteiger partial charge in [-0.2, -0.15) is 0 Å². The van der Waals surface area contributed by atoms with E-state index in [-0.39, 0.29) is 11.4 Å². The predicted octanol–water partition coefficient (Wildman–Crippen LogP) is 1.67. The molecule has 0 radical (unpaired) electrons. The van der Waals surface area contributed by atoms with Gasteiger partial charge in [0.2, 0.25) is 10.0 Å². The molecule has 3 rings (SSSR count). The van der Waals surface area contributed by atoms with Crippen LogP contribution >= 0.6 is 0 Å². The minimum Gasteiger partial charge on any atom is -0.478 e. The normalized spacial score (nSPS) is 16.5. The number of carboxylic acids is 1. The number of rotatable bonds is 8. The third kappa shape index (κ3) is 7.12. The zero-order valence-corrected chi connectivity index (χ0v) is 17.9. The second-order valence-electron chi connectivity index (χ2n) is 7.41. The summed E-state index contributed by atoms with van der Waals surface area (Å²) in [5.74, 6) is -0.624. The van der Waals surface area contributed by atoms with E-state index >= 15 is 0 Å². The molecule has 0 amide bonds. The third-order valence-electron chi connectivity index (χ3n) is 4.90. The van der Waals surface area contributed by atoms with Gasteiger partial charge >= 0.3 is 5.97 Å². The number of aromatic nitrogens is 1. The lowest BCUT2D eigenvalue weighted by molar-refractivity contribution is 0.0696. The molecule has 2 aromatic rings. The monoisotopic (exact) mass is 448 g/mol. The molecule has 1 aliphatic heterocycles. The zero-order chi connectivity index (χ0) is 22.4. The van der Waals surface area contributed by atoms with Crippen molar-refractivity contribution in [1.29, 1.82) is 0 Å². The Bertz CT molecular complexity index is 1020. The molecule has 1 atom stereocenters. The summed E-state index contributed by atoms with van der Waals surface area (Å²) in [5, 5.41) is 8.98. The lowest BCUT2D eigenvalue weighted by Gasteiger charge is -2.36. The summed E-state index contributed by atoms with van der Waals surface area (Å²) in [5.41, 5.74) is 0.924. The summed E-state index contributed by atoms with van der Waals surface area (Å²) in [7, 11) is -3.41. The number of benzene rings is 1. The average molecular weight is 449 g/mol. The van der Waals surface area contributed by atoms with E-state index in [4.69, 9.17) is 5.11 Å². The standard InChI is InChI=1S/C21H25FN4O4S/c1-31(29,30)24-19(8-4-16-2-6-18(22)7-3-16)15-25-10-12-26(13-11-25)20-9-5-17(14-23-20)21(27)28/h2-9,14,19,24H,10-13,15H2,1H3,(H,27,28). The lowest BCUT2D eigenvalue weighted by Crippen LogP contribution is -2.51. The molecule has 0 bridgehead atoms. The molecule has 1 aromatic carbocycles. The molecule has 1 saturated heterocycles. The first kappa shape index (κ1) is 22.9. The van der Waals surface area contributed by atoms with Crippen LogP contribution in [0.1, 0.15) is 15.9 Å². The fourth-order valence-electron chi connectivity index (χ4n) is 3.35. The Morgan fingerprint density at radius 1 is 1.19 bits per heavy atom. The van der Waals surface area contributed by atoms with Crippen molar-refractivity contribution in [2.24, 2.45) is 0 Å². The smallest absolute Gasteiger partial charge is 0.337 e. The van der Waals surface area contributed by atoms with Gasteiger partial charge in [0.1, 0.15) is 11.6 Å². The van der Waals surface area contributed by atoms with Crippen LogP contribution in [0.4, 0.5) is 10.2 Å². The van der Waals surface area contributed by atoms with Crippen LogP contribution < -0.4 is 9.62 Å². The highest BCUT2D eigenvalue weighted by molar-refractivity contribution is 7.88. The van der Waals surface area contributed by atoms with E-state index in [1.807, 2.05) is 0 Å². The fraction of sp³-hybridized carbons (Fsp3) is 0.333. The van der Waals surface area contributed by atoms with Gasteiger partial charge in [0.05, 0.1) is 17.9 Å². The van der Waals surface area contributed by atoms with Gasteiger partial charge in [-0.15, -0.1) is 0 Å². The molecule has 0 saturated carbocycles. The lowest BCUT2D eigenvalue weighted by atomic mass is 10.1. The maximum absolute atomic E-state index is 13.1. The van der Waals surface area contributed by atoms with Gasteiger partial charge < -0.3 is 10.0 Å². The maximum atomic E-state index is 13.1. The highest BCUT2D eigenvalue weighted by atomic mass is 32.2. The molecule has 166 valence electrons. The van der Waals surface area contributed by atoms with Crippen LogP contribution in [-0.4, -0.2) is 74.4 Å². The Labute approximate surface area is 181 Å². The van der Waals surface area contributed by atoms with Crippen LogP contribution in [0.5, 0.6) is 0 Å². The van der Waals surface area contributed by atoms with Crippen molar-refractivity contribution in [2.75, 3.05) is 43.9 Å². The Morgan fingerprint density at radius 3 is 2.42 bits per heavy atom.